The summed E-state index contributed by atoms with van der Waals surface area (Å²) in [6.45, 7) is 6.56. The van der Waals surface area contributed by atoms with Gasteiger partial charge in [-0.3, -0.25) is 0 Å². The SMILES string of the molecule is Cn1[c-][n+](-c2[c-]c(O/C3=c4\cccc\c4=c4/cccc5c4=C(C=C5)C([n+]4[c-]ncc(C(C)(C)C)c4)=[C-]3)ccc2)c2ccccc21.[Pt+4]. The number of allylic oxidation sites excluding steroid dienone is 2. The van der Waals surface area contributed by atoms with Crippen LogP contribution in [0.2, 0.25) is 0 Å². The van der Waals surface area contributed by atoms with Crippen LogP contribution in [0.5, 0.6) is 5.75 Å². The summed E-state index contributed by atoms with van der Waals surface area (Å²) >= 11 is 0. The molecule has 6 aromatic rings. The van der Waals surface area contributed by atoms with Gasteiger partial charge in [0.2, 0.25) is 6.33 Å². The molecule has 0 radical (unpaired) electrons. The number of benzene rings is 4. The molecular formula is C40H30N4OPt+2. The molecule has 0 unspecified atom stereocenters. The summed E-state index contributed by atoms with van der Waals surface area (Å²) in [5, 5.41) is 4.34. The maximum atomic E-state index is 6.78. The zero-order chi connectivity index (χ0) is 30.7. The third-order valence-electron chi connectivity index (χ3n) is 8.43. The van der Waals surface area contributed by atoms with E-state index in [2.05, 4.69) is 117 Å². The van der Waals surface area contributed by atoms with E-state index in [9.17, 15) is 0 Å². The maximum Gasteiger partial charge on any atom is 4.00 e. The van der Waals surface area contributed by atoms with E-state index in [1.54, 1.807) is 0 Å². The molecule has 0 aliphatic heterocycles. The second-order valence-corrected chi connectivity index (χ2v) is 12.4. The first kappa shape index (κ1) is 29.8. The second-order valence-electron chi connectivity index (χ2n) is 12.4. The fourth-order valence-electron chi connectivity index (χ4n) is 6.09. The molecule has 2 aliphatic rings. The normalized spacial score (nSPS) is 15.4. The molecule has 0 amide bonds. The number of fused-ring (bicyclic) bond motifs is 2. The zero-order valence-corrected chi connectivity index (χ0v) is 28.2. The van der Waals surface area contributed by atoms with E-state index in [4.69, 9.17) is 4.74 Å². The van der Waals surface area contributed by atoms with E-state index >= 15 is 0 Å². The topological polar surface area (TPSA) is 34.8 Å². The molecule has 46 heavy (non-hydrogen) atoms. The van der Waals surface area contributed by atoms with Gasteiger partial charge < -0.3 is 18.4 Å². The van der Waals surface area contributed by atoms with Gasteiger partial charge in [0.1, 0.15) is 0 Å². The standard InChI is InChI=1S/C40H30N4O.Pt/c1-40(2,3)28-23-41-25-43(24-28)37-22-38(32-15-6-5-14-31(32)33-16-9-11-27-19-20-34(37)39(27)33)45-30-13-10-12-29(21-30)44-26-42(4)35-17-7-8-18-36(35)44;/h5-20,23-24H,1-4H3;/q-2;+4/b33-31-,37-34?,38-32+;. The molecule has 2 aromatic heterocycles. The molecule has 0 fully saturated rings. The average Bonchev–Trinajstić information content (AvgIpc) is 3.63. The first-order valence-electron chi connectivity index (χ1n) is 15.0. The predicted octanol–water partition coefficient (Wildman–Crippen LogP) is 4.84. The fraction of sp³-hybridized carbons (Fsp3) is 0.125. The minimum absolute atomic E-state index is 0. The summed E-state index contributed by atoms with van der Waals surface area (Å²) in [7, 11) is 2.00. The van der Waals surface area contributed by atoms with E-state index in [1.165, 1.54) is 10.8 Å². The molecular weight excluding hydrogens is 748 g/mol. The van der Waals surface area contributed by atoms with Gasteiger partial charge in [-0.15, -0.1) is 40.9 Å². The van der Waals surface area contributed by atoms with E-state index in [1.807, 2.05) is 63.3 Å². The van der Waals surface area contributed by atoms with Crippen LogP contribution in [0.15, 0.2) is 103 Å². The first-order chi connectivity index (χ1) is 21.8. The Labute approximate surface area is 282 Å². The van der Waals surface area contributed by atoms with Gasteiger partial charge in [-0.1, -0.05) is 115 Å². The average molecular weight is 778 g/mol. The van der Waals surface area contributed by atoms with Gasteiger partial charge in [0.15, 0.2) is 0 Å². The number of aromatic nitrogens is 4. The number of rotatable bonds is 4. The minimum atomic E-state index is -0.0907. The van der Waals surface area contributed by atoms with Crippen LogP contribution in [-0.4, -0.2) is 9.55 Å². The Morgan fingerprint density at radius 3 is 2.43 bits per heavy atom. The van der Waals surface area contributed by atoms with Crippen molar-refractivity contribution in [3.05, 3.63) is 160 Å². The van der Waals surface area contributed by atoms with Gasteiger partial charge in [-0.05, 0) is 21.8 Å². The molecule has 6 heteroatoms. The van der Waals surface area contributed by atoms with Crippen LogP contribution < -0.4 is 24.3 Å². The zero-order valence-electron chi connectivity index (χ0n) is 25.9. The Morgan fingerprint density at radius 2 is 1.59 bits per heavy atom. The van der Waals surface area contributed by atoms with E-state index in [-0.39, 0.29) is 26.5 Å². The molecule has 0 N–H and O–H groups in total. The van der Waals surface area contributed by atoms with Crippen molar-refractivity contribution in [2.24, 2.45) is 7.05 Å². The van der Waals surface area contributed by atoms with E-state index in [0.29, 0.717) is 11.5 Å². The summed E-state index contributed by atoms with van der Waals surface area (Å²) < 4.78 is 12.7. The number of hydrogen-bond donors (Lipinski definition) is 0. The van der Waals surface area contributed by atoms with E-state index < -0.39 is 0 Å². The van der Waals surface area contributed by atoms with Crippen LogP contribution in [-0.2, 0) is 33.5 Å². The molecule has 5 nitrogen and oxygen atoms in total. The van der Waals surface area contributed by atoms with Gasteiger partial charge in [-0.25, -0.2) is 0 Å². The van der Waals surface area contributed by atoms with Crippen molar-refractivity contribution < 1.29 is 34.9 Å². The molecule has 0 bridgehead atoms. The molecule has 0 atom stereocenters. The maximum absolute atomic E-state index is 6.78. The van der Waals surface area contributed by atoms with Crippen LogP contribution in [0.4, 0.5) is 0 Å². The van der Waals surface area contributed by atoms with Crippen molar-refractivity contribution in [2.75, 3.05) is 0 Å². The number of para-hydroxylation sites is 2. The third-order valence-corrected chi connectivity index (χ3v) is 8.43. The Balaban J connectivity index is 0.00000338. The van der Waals surface area contributed by atoms with Crippen LogP contribution in [0.3, 0.4) is 0 Å². The Hall–Kier alpha value is -4.86. The smallest absolute Gasteiger partial charge is 0.510 e. The molecule has 0 spiro atoms. The van der Waals surface area contributed by atoms with Crippen LogP contribution >= 0.6 is 0 Å². The Kier molecular flexibility index (Phi) is 7.45. The quantitative estimate of drug-likeness (QED) is 0.190. The summed E-state index contributed by atoms with van der Waals surface area (Å²) in [6, 6.07) is 32.5. The summed E-state index contributed by atoms with van der Waals surface area (Å²) in [5.41, 5.74) is 7.00. The minimum Gasteiger partial charge on any atom is -0.510 e. The van der Waals surface area contributed by atoms with Crippen molar-refractivity contribution in [1.82, 2.24) is 9.55 Å². The van der Waals surface area contributed by atoms with Crippen molar-refractivity contribution in [2.45, 2.75) is 26.2 Å². The van der Waals surface area contributed by atoms with Crippen molar-refractivity contribution in [1.29, 1.82) is 0 Å². The van der Waals surface area contributed by atoms with Gasteiger partial charge in [0, 0.05) is 17.7 Å². The Morgan fingerprint density at radius 1 is 0.826 bits per heavy atom. The van der Waals surface area contributed by atoms with Gasteiger partial charge in [0.05, 0.1) is 24.3 Å². The molecule has 4 aromatic carbocycles. The molecule has 2 heterocycles. The number of imidazole rings is 1. The molecule has 2 aliphatic carbocycles. The summed E-state index contributed by atoms with van der Waals surface area (Å²) in [4.78, 5) is 4.52. The fourth-order valence-corrected chi connectivity index (χ4v) is 6.09. The number of nitrogens with zero attached hydrogens (tertiary/aromatic N) is 4. The molecule has 0 saturated carbocycles. The second kappa shape index (κ2) is 11.5. The van der Waals surface area contributed by atoms with Crippen LogP contribution in [0.1, 0.15) is 31.9 Å². The first-order valence-corrected chi connectivity index (χ1v) is 15.0. The number of ether oxygens (including phenoxy) is 1. The van der Waals surface area contributed by atoms with Gasteiger partial charge >= 0.3 is 21.1 Å². The van der Waals surface area contributed by atoms with Crippen molar-refractivity contribution in [3.8, 4) is 11.4 Å². The molecule has 8 rings (SSSR count). The molecule has 0 saturated heterocycles. The summed E-state index contributed by atoms with van der Waals surface area (Å²) in [6.07, 6.45) is 18.6. The van der Waals surface area contributed by atoms with Gasteiger partial charge in [-0.2, -0.15) is 12.1 Å². The number of hydrogen-bond acceptors (Lipinski definition) is 2. The molecule has 224 valence electrons. The monoisotopic (exact) mass is 777 g/mol. The van der Waals surface area contributed by atoms with Crippen molar-refractivity contribution in [3.63, 3.8) is 0 Å². The largest absolute Gasteiger partial charge is 4.00 e. The third kappa shape index (κ3) is 5.05. The van der Waals surface area contributed by atoms with Crippen LogP contribution in [0, 0.1) is 35.2 Å². The number of aryl methyl sites for hydroxylation is 1. The van der Waals surface area contributed by atoms with Crippen molar-refractivity contribution >= 4 is 34.1 Å². The summed E-state index contributed by atoms with van der Waals surface area (Å²) in [5.74, 6) is 1.17. The predicted molar refractivity (Wildman–Crippen MR) is 173 cm³/mol. The van der Waals surface area contributed by atoms with Gasteiger partial charge in [0.25, 0.3) is 6.33 Å². The van der Waals surface area contributed by atoms with Crippen LogP contribution in [0.25, 0.3) is 39.8 Å². The Bertz CT molecular complexity index is 2470. The van der Waals surface area contributed by atoms with E-state index in [0.717, 1.165) is 49.2 Å².